The lowest BCUT2D eigenvalue weighted by Gasteiger charge is -2.10. The molecule has 170 valence electrons. The maximum atomic E-state index is 11.4. The summed E-state index contributed by atoms with van der Waals surface area (Å²) < 4.78 is 2.17. The van der Waals surface area contributed by atoms with Gasteiger partial charge in [0.25, 0.3) is 5.69 Å². The number of non-ortho nitro benzene ring substituents is 1. The number of nitrogens with one attached hydrogen (secondary N) is 1. The van der Waals surface area contributed by atoms with Crippen LogP contribution in [0.15, 0.2) is 83.3 Å². The van der Waals surface area contributed by atoms with Gasteiger partial charge in [0.05, 0.1) is 16.3 Å². The van der Waals surface area contributed by atoms with Crippen LogP contribution in [-0.4, -0.2) is 14.5 Å². The molecule has 3 aromatic carbocycles. The highest BCUT2D eigenvalue weighted by atomic mass is 32.1. The fourth-order valence-corrected chi connectivity index (χ4v) is 5.20. The van der Waals surface area contributed by atoms with Crippen molar-refractivity contribution >= 4 is 33.6 Å². The molecule has 2 aromatic heterocycles. The van der Waals surface area contributed by atoms with Crippen LogP contribution in [-0.2, 0) is 13.0 Å². The van der Waals surface area contributed by atoms with Gasteiger partial charge in [0.1, 0.15) is 0 Å². The molecule has 0 aliphatic carbocycles. The van der Waals surface area contributed by atoms with Crippen molar-refractivity contribution in [1.82, 2.24) is 9.55 Å². The van der Waals surface area contributed by atoms with Crippen LogP contribution in [0.1, 0.15) is 16.7 Å². The molecule has 7 heteroatoms. The molecule has 0 spiro atoms. The van der Waals surface area contributed by atoms with Crippen LogP contribution in [0, 0.1) is 24.0 Å². The van der Waals surface area contributed by atoms with E-state index in [0.717, 1.165) is 39.2 Å². The Balaban J connectivity index is 1.60. The van der Waals surface area contributed by atoms with Crippen LogP contribution < -0.4 is 4.80 Å². The minimum absolute atomic E-state index is 0.0831. The fourth-order valence-electron chi connectivity index (χ4n) is 4.25. The summed E-state index contributed by atoms with van der Waals surface area (Å²) in [4.78, 5) is 20.2. The lowest BCUT2D eigenvalue weighted by molar-refractivity contribution is -0.384. The molecule has 6 nitrogen and oxygen atoms in total. The summed E-state index contributed by atoms with van der Waals surface area (Å²) in [6.07, 6.45) is 2.87. The SMILES string of the molecule is Cc1ccc(N=c2scc(-c3cccc([N+](=O)[O-])c3)n2CCc2c[nH]c3ccccc23)c(C)c1. The molecule has 5 rings (SSSR count). The number of H-pyrrole nitrogens is 1. The van der Waals surface area contributed by atoms with Gasteiger partial charge in [-0.3, -0.25) is 10.1 Å². The molecular weight excluding hydrogens is 444 g/mol. The Bertz CT molecular complexity index is 1580. The van der Waals surface area contributed by atoms with Crippen LogP contribution in [0.25, 0.3) is 22.2 Å². The number of nitro benzene ring substituents is 1. The minimum Gasteiger partial charge on any atom is -0.361 e. The zero-order chi connectivity index (χ0) is 23.7. The molecule has 0 amide bonds. The topological polar surface area (TPSA) is 76.2 Å². The number of aromatic nitrogens is 2. The molecule has 0 unspecified atom stereocenters. The summed E-state index contributed by atoms with van der Waals surface area (Å²) in [5.74, 6) is 0. The van der Waals surface area contributed by atoms with Crippen molar-refractivity contribution in [1.29, 1.82) is 0 Å². The van der Waals surface area contributed by atoms with Crippen molar-refractivity contribution in [3.63, 3.8) is 0 Å². The lowest BCUT2D eigenvalue weighted by atomic mass is 10.1. The van der Waals surface area contributed by atoms with E-state index < -0.39 is 0 Å². The number of nitrogens with zero attached hydrogens (tertiary/aromatic N) is 3. The molecule has 0 bridgehead atoms. The zero-order valence-electron chi connectivity index (χ0n) is 19.0. The van der Waals surface area contributed by atoms with E-state index in [1.165, 1.54) is 22.6 Å². The van der Waals surface area contributed by atoms with Crippen molar-refractivity contribution in [2.75, 3.05) is 0 Å². The van der Waals surface area contributed by atoms with Crippen molar-refractivity contribution in [2.24, 2.45) is 4.99 Å². The monoisotopic (exact) mass is 468 g/mol. The maximum absolute atomic E-state index is 11.4. The van der Waals surface area contributed by atoms with Gasteiger partial charge in [-0.15, -0.1) is 11.3 Å². The lowest BCUT2D eigenvalue weighted by Crippen LogP contribution is -2.17. The number of para-hydroxylation sites is 1. The van der Waals surface area contributed by atoms with Gasteiger partial charge < -0.3 is 9.55 Å². The van der Waals surface area contributed by atoms with Gasteiger partial charge in [-0.1, -0.05) is 48.0 Å². The van der Waals surface area contributed by atoms with Gasteiger partial charge in [-0.05, 0) is 43.5 Å². The summed E-state index contributed by atoms with van der Waals surface area (Å²) in [6.45, 7) is 4.84. The first-order valence-corrected chi connectivity index (χ1v) is 12.0. The molecule has 0 aliphatic rings. The Hall–Kier alpha value is -3.97. The molecule has 2 heterocycles. The number of fused-ring (bicyclic) bond motifs is 1. The quantitative estimate of drug-likeness (QED) is 0.222. The van der Waals surface area contributed by atoms with Gasteiger partial charge in [-0.25, -0.2) is 4.99 Å². The summed E-state index contributed by atoms with van der Waals surface area (Å²) in [6, 6.07) is 21.3. The van der Waals surface area contributed by atoms with E-state index in [-0.39, 0.29) is 10.6 Å². The Morgan fingerprint density at radius 1 is 1.06 bits per heavy atom. The van der Waals surface area contributed by atoms with Crippen molar-refractivity contribution in [3.8, 4) is 11.3 Å². The predicted molar refractivity (Wildman–Crippen MR) is 138 cm³/mol. The first-order valence-electron chi connectivity index (χ1n) is 11.1. The molecule has 0 radical (unpaired) electrons. The largest absolute Gasteiger partial charge is 0.361 e. The summed E-state index contributed by atoms with van der Waals surface area (Å²) >= 11 is 1.55. The average Bonchev–Trinajstić information content (AvgIpc) is 3.43. The van der Waals surface area contributed by atoms with Crippen LogP contribution in [0.5, 0.6) is 0 Å². The number of aromatic amines is 1. The van der Waals surface area contributed by atoms with Crippen LogP contribution in [0.3, 0.4) is 0 Å². The number of nitro groups is 1. The third-order valence-corrected chi connectivity index (χ3v) is 6.86. The van der Waals surface area contributed by atoms with Crippen LogP contribution in [0.4, 0.5) is 11.4 Å². The molecule has 0 saturated heterocycles. The molecule has 0 atom stereocenters. The van der Waals surface area contributed by atoms with Crippen molar-refractivity contribution in [2.45, 2.75) is 26.8 Å². The molecule has 0 fully saturated rings. The van der Waals surface area contributed by atoms with E-state index in [9.17, 15) is 10.1 Å². The number of aryl methyl sites for hydroxylation is 3. The van der Waals surface area contributed by atoms with E-state index in [4.69, 9.17) is 4.99 Å². The molecule has 0 aliphatic heterocycles. The Kier molecular flexibility index (Phi) is 5.86. The number of hydrogen-bond donors (Lipinski definition) is 1. The second kappa shape index (κ2) is 9.11. The van der Waals surface area contributed by atoms with Gasteiger partial charge in [-0.2, -0.15) is 0 Å². The first kappa shape index (κ1) is 21.9. The van der Waals surface area contributed by atoms with E-state index in [1.54, 1.807) is 23.5 Å². The van der Waals surface area contributed by atoms with Gasteiger partial charge in [0.15, 0.2) is 4.80 Å². The zero-order valence-corrected chi connectivity index (χ0v) is 19.8. The van der Waals surface area contributed by atoms with Crippen molar-refractivity contribution in [3.05, 3.63) is 110 Å². The van der Waals surface area contributed by atoms with Gasteiger partial charge in [0.2, 0.25) is 0 Å². The summed E-state index contributed by atoms with van der Waals surface area (Å²) in [7, 11) is 0. The average molecular weight is 469 g/mol. The highest BCUT2D eigenvalue weighted by Gasteiger charge is 2.14. The Labute approximate surface area is 201 Å². The Morgan fingerprint density at radius 2 is 1.91 bits per heavy atom. The van der Waals surface area contributed by atoms with Gasteiger partial charge in [0, 0.05) is 46.7 Å². The molecule has 34 heavy (non-hydrogen) atoms. The molecule has 1 N–H and O–H groups in total. The fraction of sp³-hybridized carbons (Fsp3) is 0.148. The number of thiazole rings is 1. The highest BCUT2D eigenvalue weighted by Crippen LogP contribution is 2.26. The second-order valence-electron chi connectivity index (χ2n) is 8.37. The normalized spacial score (nSPS) is 11.9. The third kappa shape index (κ3) is 4.30. The minimum atomic E-state index is -0.354. The van der Waals surface area contributed by atoms with Gasteiger partial charge >= 0.3 is 0 Å². The maximum Gasteiger partial charge on any atom is 0.270 e. The highest BCUT2D eigenvalue weighted by molar-refractivity contribution is 7.07. The molecule has 5 aromatic rings. The smallest absolute Gasteiger partial charge is 0.270 e. The van der Waals surface area contributed by atoms with E-state index in [0.29, 0.717) is 6.54 Å². The third-order valence-electron chi connectivity index (χ3n) is 6.00. The molecule has 0 saturated carbocycles. The van der Waals surface area contributed by atoms with Crippen LogP contribution in [0.2, 0.25) is 0 Å². The summed E-state index contributed by atoms with van der Waals surface area (Å²) in [5.41, 5.74) is 7.42. The number of hydrogen-bond acceptors (Lipinski definition) is 4. The van der Waals surface area contributed by atoms with Crippen molar-refractivity contribution < 1.29 is 4.92 Å². The number of rotatable bonds is 6. The predicted octanol–water partition coefficient (Wildman–Crippen LogP) is 6.70. The number of benzene rings is 3. The molecular formula is C27H24N4O2S. The van der Waals surface area contributed by atoms with E-state index in [2.05, 4.69) is 53.9 Å². The van der Waals surface area contributed by atoms with Crippen LogP contribution >= 0.6 is 11.3 Å². The standard InChI is InChI=1S/C27H24N4O2S/c1-18-10-11-24(19(2)14-18)29-27-30(13-12-21-16-28-25-9-4-3-8-23(21)25)26(17-34-27)20-6-5-7-22(15-20)31(32)33/h3-11,14-17,28H,12-13H2,1-2H3. The summed E-state index contributed by atoms with van der Waals surface area (Å²) in [5, 5.41) is 14.6. The van der Waals surface area contributed by atoms with E-state index >= 15 is 0 Å². The first-order chi connectivity index (χ1) is 16.5. The Morgan fingerprint density at radius 3 is 2.74 bits per heavy atom. The van der Waals surface area contributed by atoms with E-state index in [1.807, 2.05) is 29.6 Å². The second-order valence-corrected chi connectivity index (χ2v) is 9.21.